The van der Waals surface area contributed by atoms with E-state index in [0.717, 1.165) is 14.9 Å². The summed E-state index contributed by atoms with van der Waals surface area (Å²) in [6, 6.07) is 12.8. The van der Waals surface area contributed by atoms with E-state index in [1.165, 1.54) is 6.07 Å². The van der Waals surface area contributed by atoms with Crippen molar-refractivity contribution in [3.63, 3.8) is 0 Å². The highest BCUT2D eigenvalue weighted by molar-refractivity contribution is 9.10. The minimum absolute atomic E-state index is 0.297. The quantitative estimate of drug-likeness (QED) is 0.684. The van der Waals surface area contributed by atoms with Crippen LogP contribution in [0.15, 0.2) is 56.3 Å². The molecule has 0 saturated carbocycles. The van der Waals surface area contributed by atoms with E-state index in [4.69, 9.17) is 0 Å². The van der Waals surface area contributed by atoms with Crippen molar-refractivity contribution >= 4 is 43.6 Å². The van der Waals surface area contributed by atoms with E-state index in [-0.39, 0.29) is 5.82 Å². The summed E-state index contributed by atoms with van der Waals surface area (Å²) in [4.78, 5) is 1.09. The molecule has 0 amide bonds. The van der Waals surface area contributed by atoms with Gasteiger partial charge in [0.2, 0.25) is 0 Å². The van der Waals surface area contributed by atoms with Gasteiger partial charge < -0.3 is 5.11 Å². The number of rotatable bonds is 5. The molecule has 0 heterocycles. The first-order valence-electron chi connectivity index (χ1n) is 6.05. The van der Waals surface area contributed by atoms with Gasteiger partial charge in [-0.15, -0.1) is 11.8 Å². The van der Waals surface area contributed by atoms with Crippen LogP contribution in [0.5, 0.6) is 0 Å². The molecule has 0 aromatic heterocycles. The molecular formula is C15H13Br2FOS. The van der Waals surface area contributed by atoms with E-state index in [1.54, 1.807) is 17.8 Å². The lowest BCUT2D eigenvalue weighted by atomic mass is 10.1. The average molecular weight is 420 g/mol. The molecule has 1 unspecified atom stereocenters. The maximum Gasteiger partial charge on any atom is 0.137 e. The molecule has 2 aromatic carbocycles. The van der Waals surface area contributed by atoms with Gasteiger partial charge >= 0.3 is 0 Å². The Morgan fingerprint density at radius 2 is 1.90 bits per heavy atom. The largest absolute Gasteiger partial charge is 0.392 e. The fourth-order valence-corrected chi connectivity index (χ4v) is 3.63. The summed E-state index contributed by atoms with van der Waals surface area (Å²) in [5.74, 6) is 0.272. The van der Waals surface area contributed by atoms with Crippen LogP contribution in [0.3, 0.4) is 0 Å². The van der Waals surface area contributed by atoms with Crippen LogP contribution < -0.4 is 0 Å². The third-order valence-corrected chi connectivity index (χ3v) is 5.25. The third-order valence-electron chi connectivity index (χ3n) is 2.73. The molecule has 20 heavy (non-hydrogen) atoms. The SMILES string of the molecule is OC(CSc1cccc(Br)c1)Cc1cccc(F)c1Br. The molecule has 0 radical (unpaired) electrons. The van der Waals surface area contributed by atoms with Gasteiger partial charge in [0.25, 0.3) is 0 Å². The zero-order valence-electron chi connectivity index (χ0n) is 10.5. The molecule has 0 bridgehead atoms. The molecule has 0 fully saturated rings. The molecular weight excluding hydrogens is 407 g/mol. The van der Waals surface area contributed by atoms with E-state index in [2.05, 4.69) is 31.9 Å². The van der Waals surface area contributed by atoms with E-state index in [0.29, 0.717) is 16.6 Å². The number of aliphatic hydroxyl groups excluding tert-OH is 1. The van der Waals surface area contributed by atoms with Crippen molar-refractivity contribution in [3.05, 3.63) is 62.8 Å². The predicted octanol–water partition coefficient (Wildman–Crippen LogP) is 5.05. The lowest BCUT2D eigenvalue weighted by molar-refractivity contribution is 0.200. The van der Waals surface area contributed by atoms with Crippen LogP contribution in [0.4, 0.5) is 4.39 Å². The highest BCUT2D eigenvalue weighted by atomic mass is 79.9. The Kier molecular flexibility index (Phi) is 6.08. The molecule has 106 valence electrons. The first-order chi connectivity index (χ1) is 9.56. The summed E-state index contributed by atoms with van der Waals surface area (Å²) in [6.07, 6.45) is -0.0867. The molecule has 1 N–H and O–H groups in total. The fourth-order valence-electron chi connectivity index (χ4n) is 1.77. The normalized spacial score (nSPS) is 12.4. The summed E-state index contributed by atoms with van der Waals surface area (Å²) in [7, 11) is 0. The van der Waals surface area contributed by atoms with Crippen molar-refractivity contribution in [2.24, 2.45) is 0 Å². The maximum absolute atomic E-state index is 13.4. The maximum atomic E-state index is 13.4. The Labute approximate surface area is 138 Å². The Hall–Kier alpha value is -0.360. The zero-order valence-corrected chi connectivity index (χ0v) is 14.5. The molecule has 0 aliphatic carbocycles. The van der Waals surface area contributed by atoms with Gasteiger partial charge in [0, 0.05) is 21.5 Å². The van der Waals surface area contributed by atoms with Crippen LogP contribution in [-0.4, -0.2) is 17.0 Å². The minimum atomic E-state index is -0.517. The monoisotopic (exact) mass is 418 g/mol. The molecule has 1 atom stereocenters. The average Bonchev–Trinajstić information content (AvgIpc) is 2.42. The van der Waals surface area contributed by atoms with E-state index >= 15 is 0 Å². The minimum Gasteiger partial charge on any atom is -0.392 e. The van der Waals surface area contributed by atoms with Crippen molar-refractivity contribution in [1.82, 2.24) is 0 Å². The molecule has 0 saturated heterocycles. The lowest BCUT2D eigenvalue weighted by Crippen LogP contribution is -2.14. The van der Waals surface area contributed by atoms with Crippen LogP contribution in [0.1, 0.15) is 5.56 Å². The molecule has 0 aliphatic heterocycles. The fraction of sp³-hybridized carbons (Fsp3) is 0.200. The zero-order chi connectivity index (χ0) is 14.5. The number of hydrogen-bond acceptors (Lipinski definition) is 2. The Morgan fingerprint density at radius 1 is 1.15 bits per heavy atom. The van der Waals surface area contributed by atoms with Gasteiger partial charge in [-0.2, -0.15) is 0 Å². The van der Waals surface area contributed by atoms with E-state index < -0.39 is 6.10 Å². The molecule has 0 aliphatic rings. The standard InChI is InChI=1S/C15H13Br2FOS/c16-11-4-2-5-13(8-11)20-9-12(19)7-10-3-1-6-14(18)15(10)17/h1-6,8,12,19H,7,9H2. The Morgan fingerprint density at radius 3 is 2.65 bits per heavy atom. The summed E-state index contributed by atoms with van der Waals surface area (Å²) in [6.45, 7) is 0. The second kappa shape index (κ2) is 7.59. The van der Waals surface area contributed by atoms with Crippen LogP contribution in [0.25, 0.3) is 0 Å². The number of aliphatic hydroxyl groups is 1. The highest BCUT2D eigenvalue weighted by Gasteiger charge is 2.11. The molecule has 2 aromatic rings. The number of halogens is 3. The van der Waals surface area contributed by atoms with E-state index in [1.807, 2.05) is 30.3 Å². The Balaban J connectivity index is 1.92. The molecule has 2 rings (SSSR count). The lowest BCUT2D eigenvalue weighted by Gasteiger charge is -2.12. The van der Waals surface area contributed by atoms with Crippen molar-refractivity contribution in [1.29, 1.82) is 0 Å². The second-order valence-electron chi connectivity index (χ2n) is 4.34. The van der Waals surface area contributed by atoms with Crippen molar-refractivity contribution in [3.8, 4) is 0 Å². The number of thioether (sulfide) groups is 1. The van der Waals surface area contributed by atoms with Gasteiger partial charge in [-0.3, -0.25) is 0 Å². The second-order valence-corrected chi connectivity index (χ2v) is 7.14. The van der Waals surface area contributed by atoms with Crippen molar-refractivity contribution in [2.45, 2.75) is 17.4 Å². The molecule has 1 nitrogen and oxygen atoms in total. The summed E-state index contributed by atoms with van der Waals surface area (Å²) in [5.41, 5.74) is 0.785. The van der Waals surface area contributed by atoms with Gasteiger partial charge in [0.1, 0.15) is 5.82 Å². The molecule has 0 spiro atoms. The van der Waals surface area contributed by atoms with Crippen LogP contribution in [0, 0.1) is 5.82 Å². The van der Waals surface area contributed by atoms with E-state index in [9.17, 15) is 9.50 Å². The Bertz CT molecular complexity index is 592. The highest BCUT2D eigenvalue weighted by Crippen LogP contribution is 2.25. The third kappa shape index (κ3) is 4.58. The van der Waals surface area contributed by atoms with Crippen molar-refractivity contribution in [2.75, 3.05) is 5.75 Å². The first-order valence-corrected chi connectivity index (χ1v) is 8.62. The van der Waals surface area contributed by atoms with Gasteiger partial charge in [0.15, 0.2) is 0 Å². The number of hydrogen-bond donors (Lipinski definition) is 1. The van der Waals surface area contributed by atoms with Gasteiger partial charge in [-0.25, -0.2) is 4.39 Å². The molecule has 5 heteroatoms. The first kappa shape index (κ1) is 16.0. The van der Waals surface area contributed by atoms with Crippen LogP contribution in [0.2, 0.25) is 0 Å². The number of benzene rings is 2. The van der Waals surface area contributed by atoms with Gasteiger partial charge in [0.05, 0.1) is 10.6 Å². The van der Waals surface area contributed by atoms with Crippen molar-refractivity contribution < 1.29 is 9.50 Å². The topological polar surface area (TPSA) is 20.2 Å². The van der Waals surface area contributed by atoms with Crippen LogP contribution in [-0.2, 0) is 6.42 Å². The summed E-state index contributed by atoms with van der Waals surface area (Å²) in [5, 5.41) is 10.1. The van der Waals surface area contributed by atoms with Crippen LogP contribution >= 0.6 is 43.6 Å². The predicted molar refractivity (Wildman–Crippen MR) is 88.7 cm³/mol. The van der Waals surface area contributed by atoms with Gasteiger partial charge in [-0.1, -0.05) is 34.1 Å². The van der Waals surface area contributed by atoms with Gasteiger partial charge in [-0.05, 0) is 45.8 Å². The summed E-state index contributed by atoms with van der Waals surface area (Å²) < 4.78 is 14.8. The smallest absolute Gasteiger partial charge is 0.137 e. The summed E-state index contributed by atoms with van der Waals surface area (Å²) >= 11 is 8.21.